The van der Waals surface area contributed by atoms with E-state index < -0.39 is 0 Å². The molecule has 1 aliphatic rings. The van der Waals surface area contributed by atoms with E-state index >= 15 is 0 Å². The quantitative estimate of drug-likeness (QED) is 0.867. The van der Waals surface area contributed by atoms with Crippen LogP contribution < -0.4 is 4.74 Å². The van der Waals surface area contributed by atoms with Gasteiger partial charge in [0.25, 0.3) is 0 Å². The second-order valence-electron chi connectivity index (χ2n) is 4.56. The van der Waals surface area contributed by atoms with Gasteiger partial charge in [-0.2, -0.15) is 0 Å². The fourth-order valence-electron chi connectivity index (χ4n) is 1.79. The van der Waals surface area contributed by atoms with E-state index in [1.54, 1.807) is 18.2 Å². The summed E-state index contributed by atoms with van der Waals surface area (Å²) in [4.78, 5) is 2.25. The molecule has 4 nitrogen and oxygen atoms in total. The zero-order chi connectivity index (χ0) is 12.3. The first-order valence-corrected chi connectivity index (χ1v) is 5.93. The lowest BCUT2D eigenvalue weighted by Crippen LogP contribution is -2.30. The summed E-state index contributed by atoms with van der Waals surface area (Å²) in [6.07, 6.45) is 0.0806. The second kappa shape index (κ2) is 5.38. The Bertz CT molecular complexity index is 367. The summed E-state index contributed by atoms with van der Waals surface area (Å²) < 4.78 is 11.2. The maximum atomic E-state index is 9.55. The highest BCUT2D eigenvalue weighted by molar-refractivity contribution is 5.37. The van der Waals surface area contributed by atoms with Crippen molar-refractivity contribution in [3.8, 4) is 11.5 Å². The first kappa shape index (κ1) is 12.2. The Morgan fingerprint density at radius 2 is 2.24 bits per heavy atom. The van der Waals surface area contributed by atoms with E-state index in [0.29, 0.717) is 25.1 Å². The van der Waals surface area contributed by atoms with Gasteiger partial charge in [0.2, 0.25) is 0 Å². The van der Waals surface area contributed by atoms with Crippen LogP contribution in [0.25, 0.3) is 0 Å². The van der Waals surface area contributed by atoms with Crippen molar-refractivity contribution in [3.63, 3.8) is 0 Å². The largest absolute Gasteiger partial charge is 0.504 e. The maximum absolute atomic E-state index is 9.55. The van der Waals surface area contributed by atoms with Gasteiger partial charge in [-0.1, -0.05) is 12.1 Å². The zero-order valence-corrected chi connectivity index (χ0v) is 10.3. The van der Waals surface area contributed by atoms with Gasteiger partial charge in [-0.3, -0.25) is 4.90 Å². The molecule has 0 aromatic heterocycles. The van der Waals surface area contributed by atoms with Gasteiger partial charge in [0.1, 0.15) is 12.7 Å². The van der Waals surface area contributed by atoms with Crippen molar-refractivity contribution in [2.24, 2.45) is 0 Å². The van der Waals surface area contributed by atoms with Crippen LogP contribution in [0.5, 0.6) is 11.5 Å². The highest BCUT2D eigenvalue weighted by atomic mass is 16.6. The lowest BCUT2D eigenvalue weighted by Gasteiger charge is -2.17. The summed E-state index contributed by atoms with van der Waals surface area (Å²) in [7, 11) is 0. The van der Waals surface area contributed by atoms with Crippen LogP contribution in [0.3, 0.4) is 0 Å². The number of para-hydroxylation sites is 2. The molecular formula is C13H19NO3. The number of hydrogen-bond donors (Lipinski definition) is 1. The third-order valence-electron chi connectivity index (χ3n) is 2.93. The number of hydrogen-bond acceptors (Lipinski definition) is 4. The molecule has 0 spiro atoms. The summed E-state index contributed by atoms with van der Waals surface area (Å²) in [5.41, 5.74) is 0. The van der Waals surface area contributed by atoms with Crippen LogP contribution >= 0.6 is 0 Å². The number of benzene rings is 1. The third kappa shape index (κ3) is 3.11. The Kier molecular flexibility index (Phi) is 3.86. The fraction of sp³-hybridized carbons (Fsp3) is 0.538. The number of rotatable bonds is 4. The summed E-state index contributed by atoms with van der Waals surface area (Å²) in [6, 6.07) is 7.47. The molecule has 1 aliphatic heterocycles. The van der Waals surface area contributed by atoms with Gasteiger partial charge in [-0.25, -0.2) is 0 Å². The smallest absolute Gasteiger partial charge is 0.161 e. The van der Waals surface area contributed by atoms with Crippen molar-refractivity contribution in [2.75, 3.05) is 19.9 Å². The van der Waals surface area contributed by atoms with E-state index in [0.717, 1.165) is 6.54 Å². The maximum Gasteiger partial charge on any atom is 0.161 e. The molecule has 0 amide bonds. The number of aromatic hydroxyl groups is 1. The van der Waals surface area contributed by atoms with Gasteiger partial charge in [0.15, 0.2) is 11.5 Å². The van der Waals surface area contributed by atoms with Crippen LogP contribution in [0, 0.1) is 0 Å². The highest BCUT2D eigenvalue weighted by Crippen LogP contribution is 2.25. The molecule has 1 fully saturated rings. The summed E-state index contributed by atoms with van der Waals surface area (Å²) in [6.45, 7) is 6.31. The standard InChI is InChI=1S/C13H19NO3/c1-10(2)14-7-11(17-9-14)8-16-13-6-4-3-5-12(13)15/h3-6,10-11,15H,7-9H2,1-2H3. The van der Waals surface area contributed by atoms with E-state index in [2.05, 4.69) is 18.7 Å². The van der Waals surface area contributed by atoms with Crippen LogP contribution in [0.15, 0.2) is 24.3 Å². The Labute approximate surface area is 102 Å². The molecule has 0 saturated carbocycles. The highest BCUT2D eigenvalue weighted by Gasteiger charge is 2.25. The Balaban J connectivity index is 1.82. The number of phenolic OH excluding ortho intramolecular Hbond substituents is 1. The molecule has 0 aliphatic carbocycles. The average molecular weight is 237 g/mol. The molecule has 17 heavy (non-hydrogen) atoms. The molecule has 1 unspecified atom stereocenters. The van der Waals surface area contributed by atoms with Crippen LogP contribution in [0.2, 0.25) is 0 Å². The summed E-state index contributed by atoms with van der Waals surface area (Å²) in [5.74, 6) is 0.685. The second-order valence-corrected chi connectivity index (χ2v) is 4.56. The lowest BCUT2D eigenvalue weighted by atomic mass is 10.3. The van der Waals surface area contributed by atoms with Crippen LogP contribution in [0.4, 0.5) is 0 Å². The van der Waals surface area contributed by atoms with Gasteiger partial charge < -0.3 is 14.6 Å². The monoisotopic (exact) mass is 237 g/mol. The van der Waals surface area contributed by atoms with E-state index in [1.165, 1.54) is 0 Å². The Hall–Kier alpha value is -1.26. The average Bonchev–Trinajstić information content (AvgIpc) is 2.77. The Morgan fingerprint density at radius 3 is 2.88 bits per heavy atom. The van der Waals surface area contributed by atoms with E-state index in [4.69, 9.17) is 9.47 Å². The van der Waals surface area contributed by atoms with Crippen molar-refractivity contribution in [2.45, 2.75) is 26.0 Å². The normalized spacial score (nSPS) is 21.0. The number of ether oxygens (including phenoxy) is 2. The molecule has 1 atom stereocenters. The molecule has 1 saturated heterocycles. The van der Waals surface area contributed by atoms with Gasteiger partial charge in [0, 0.05) is 12.6 Å². The first-order chi connectivity index (χ1) is 8.16. The minimum absolute atomic E-state index is 0.0806. The van der Waals surface area contributed by atoms with Crippen LogP contribution in [-0.2, 0) is 4.74 Å². The van der Waals surface area contributed by atoms with Gasteiger partial charge in [-0.05, 0) is 26.0 Å². The van der Waals surface area contributed by atoms with Gasteiger partial charge in [0.05, 0.1) is 6.73 Å². The van der Waals surface area contributed by atoms with E-state index in [-0.39, 0.29) is 11.9 Å². The number of nitrogens with zero attached hydrogens (tertiary/aromatic N) is 1. The van der Waals surface area contributed by atoms with Crippen LogP contribution in [0.1, 0.15) is 13.8 Å². The fourth-order valence-corrected chi connectivity index (χ4v) is 1.79. The molecule has 0 bridgehead atoms. The molecule has 1 N–H and O–H groups in total. The molecule has 94 valence electrons. The van der Waals surface area contributed by atoms with Crippen molar-refractivity contribution in [1.29, 1.82) is 0 Å². The Morgan fingerprint density at radius 1 is 1.47 bits per heavy atom. The minimum Gasteiger partial charge on any atom is -0.504 e. The SMILES string of the molecule is CC(C)N1COC(COc2ccccc2O)C1. The van der Waals surface area contributed by atoms with E-state index in [1.807, 2.05) is 6.07 Å². The summed E-state index contributed by atoms with van der Waals surface area (Å²) in [5, 5.41) is 9.55. The topological polar surface area (TPSA) is 41.9 Å². The lowest BCUT2D eigenvalue weighted by molar-refractivity contribution is 0.0544. The number of phenols is 1. The first-order valence-electron chi connectivity index (χ1n) is 5.93. The summed E-state index contributed by atoms with van der Waals surface area (Å²) >= 11 is 0. The molecular weight excluding hydrogens is 218 g/mol. The molecule has 2 rings (SSSR count). The molecule has 0 radical (unpaired) electrons. The van der Waals surface area contributed by atoms with Crippen molar-refractivity contribution in [3.05, 3.63) is 24.3 Å². The molecule has 1 aromatic carbocycles. The third-order valence-corrected chi connectivity index (χ3v) is 2.93. The van der Waals surface area contributed by atoms with E-state index in [9.17, 15) is 5.11 Å². The predicted octanol–water partition coefficient (Wildman–Crippen LogP) is 1.84. The predicted molar refractivity (Wildman–Crippen MR) is 65.2 cm³/mol. The van der Waals surface area contributed by atoms with Gasteiger partial charge in [-0.15, -0.1) is 0 Å². The van der Waals surface area contributed by atoms with Crippen molar-refractivity contribution in [1.82, 2.24) is 4.90 Å². The minimum atomic E-state index is 0.0806. The van der Waals surface area contributed by atoms with Crippen LogP contribution in [-0.4, -0.2) is 42.0 Å². The van der Waals surface area contributed by atoms with Crippen molar-refractivity contribution < 1.29 is 14.6 Å². The zero-order valence-electron chi connectivity index (χ0n) is 10.3. The van der Waals surface area contributed by atoms with Gasteiger partial charge >= 0.3 is 0 Å². The van der Waals surface area contributed by atoms with Crippen molar-refractivity contribution >= 4 is 0 Å². The molecule has 4 heteroatoms. The molecule has 1 aromatic rings. The molecule has 1 heterocycles.